The molecule has 0 aliphatic carbocycles. The minimum atomic E-state index is -4.66. The average molecular weight is 592 g/mol. The fourth-order valence-electron chi connectivity index (χ4n) is 4.11. The maximum atomic E-state index is 13.3. The number of hydrogen-bond acceptors (Lipinski definition) is 7. The smallest absolute Gasteiger partial charge is 0.435 e. The second-order valence-electron chi connectivity index (χ2n) is 9.02. The van der Waals surface area contributed by atoms with Crippen molar-refractivity contribution in [2.75, 3.05) is 77.9 Å². The number of methoxy groups -OCH3 is 2. The second-order valence-corrected chi connectivity index (χ2v) is 9.02. The molecule has 0 radical (unpaired) electrons. The lowest BCUT2D eigenvalue weighted by molar-refractivity contribution is -0.132. The first kappa shape index (κ1) is 35.0. The number of allylic oxidation sites excluding steroid dienone is 1. The summed E-state index contributed by atoms with van der Waals surface area (Å²) in [5.41, 5.74) is 0.675. The number of carbonyl (C=O) groups is 2. The highest BCUT2D eigenvalue weighted by molar-refractivity contribution is 6.15. The van der Waals surface area contributed by atoms with E-state index in [1.165, 1.54) is 13.3 Å². The third-order valence-electron chi connectivity index (χ3n) is 6.14. The molecule has 9 nitrogen and oxygen atoms in total. The van der Waals surface area contributed by atoms with Crippen LogP contribution in [0.3, 0.4) is 0 Å². The molecule has 226 valence electrons. The van der Waals surface area contributed by atoms with Crippen molar-refractivity contribution in [1.82, 2.24) is 15.2 Å². The standard InChI is InChI=1S/C26H38F3N5O4.CH3Cl/c1-7-34(31-24(18(2)3)26(27,28)29)17-23(35)33-11-8-10-32(12-13-33)21-16-22(38-6)19(4)15-20(21)25(36)30-9-14-37-5;1-2/h15-16H,2,7-14,17H2,1,3-6H3,(H,30,36);1H3/b31-24+;. The molecule has 0 aromatic heterocycles. The molecule has 1 saturated heterocycles. The van der Waals surface area contributed by atoms with Gasteiger partial charge in [0.2, 0.25) is 5.91 Å². The lowest BCUT2D eigenvalue weighted by Crippen LogP contribution is -2.41. The molecule has 1 N–H and O–H groups in total. The summed E-state index contributed by atoms with van der Waals surface area (Å²) < 4.78 is 50.4. The quantitative estimate of drug-likeness (QED) is 0.181. The van der Waals surface area contributed by atoms with Crippen molar-refractivity contribution in [3.8, 4) is 5.75 Å². The maximum absolute atomic E-state index is 13.3. The van der Waals surface area contributed by atoms with Gasteiger partial charge in [-0.3, -0.25) is 14.6 Å². The summed E-state index contributed by atoms with van der Waals surface area (Å²) in [6.45, 7) is 10.5. The molecule has 0 spiro atoms. The molecule has 1 aromatic carbocycles. The zero-order valence-electron chi connectivity index (χ0n) is 24.2. The van der Waals surface area contributed by atoms with Crippen molar-refractivity contribution >= 4 is 34.8 Å². The molecule has 13 heteroatoms. The molecule has 0 atom stereocenters. The van der Waals surface area contributed by atoms with E-state index in [9.17, 15) is 22.8 Å². The number of hydrazone groups is 1. The highest BCUT2D eigenvalue weighted by Gasteiger charge is 2.37. The van der Waals surface area contributed by atoms with E-state index in [-0.39, 0.29) is 30.5 Å². The fourth-order valence-corrected chi connectivity index (χ4v) is 4.11. The Morgan fingerprint density at radius 2 is 1.85 bits per heavy atom. The highest BCUT2D eigenvalue weighted by Crippen LogP contribution is 2.30. The molecule has 1 heterocycles. The predicted octanol–water partition coefficient (Wildman–Crippen LogP) is 4.09. The van der Waals surface area contributed by atoms with Gasteiger partial charge in [-0.2, -0.15) is 18.3 Å². The zero-order valence-corrected chi connectivity index (χ0v) is 24.9. The van der Waals surface area contributed by atoms with Crippen molar-refractivity contribution < 1.29 is 32.2 Å². The Hall–Kier alpha value is -2.99. The molecule has 0 bridgehead atoms. The molecule has 40 heavy (non-hydrogen) atoms. The van der Waals surface area contributed by atoms with Crippen LogP contribution in [0.4, 0.5) is 18.9 Å². The number of rotatable bonds is 11. The number of halogens is 4. The van der Waals surface area contributed by atoms with E-state index in [4.69, 9.17) is 9.47 Å². The van der Waals surface area contributed by atoms with E-state index in [1.807, 2.05) is 17.9 Å². The first-order valence-electron chi connectivity index (χ1n) is 12.9. The van der Waals surface area contributed by atoms with Crippen molar-refractivity contribution in [3.05, 3.63) is 35.4 Å². The largest absolute Gasteiger partial charge is 0.496 e. The van der Waals surface area contributed by atoms with Crippen LogP contribution in [-0.2, 0) is 9.53 Å². The second kappa shape index (κ2) is 17.0. The number of benzene rings is 1. The van der Waals surface area contributed by atoms with Gasteiger partial charge in [-0.1, -0.05) is 6.58 Å². The van der Waals surface area contributed by atoms with Crippen LogP contribution in [0.25, 0.3) is 0 Å². The summed E-state index contributed by atoms with van der Waals surface area (Å²) >= 11 is 4.64. The van der Waals surface area contributed by atoms with Gasteiger partial charge in [0.05, 0.1) is 25.0 Å². The SMILES string of the molecule is C=C(C)/C(=N\N(CC)CC(=O)N1CCCN(c2cc(OC)c(C)cc2C(=O)NCCOC)CC1)C(F)(F)F.CCl. The summed E-state index contributed by atoms with van der Waals surface area (Å²) in [7, 11) is 3.12. The predicted molar refractivity (Wildman–Crippen MR) is 153 cm³/mol. The number of aryl methyl sites for hydroxylation is 1. The van der Waals surface area contributed by atoms with Crippen molar-refractivity contribution in [2.45, 2.75) is 33.4 Å². The third-order valence-corrected chi connectivity index (χ3v) is 6.14. The minimum Gasteiger partial charge on any atom is -0.496 e. The van der Waals surface area contributed by atoms with E-state index in [0.717, 1.165) is 10.6 Å². The summed E-state index contributed by atoms with van der Waals surface area (Å²) in [5.74, 6) is 0.0779. The minimum absolute atomic E-state index is 0.128. The van der Waals surface area contributed by atoms with E-state index in [2.05, 4.69) is 28.6 Å². The first-order chi connectivity index (χ1) is 18.9. The van der Waals surface area contributed by atoms with Crippen LogP contribution in [0, 0.1) is 6.92 Å². The number of carbonyl (C=O) groups excluding carboxylic acids is 2. The van der Waals surface area contributed by atoms with Gasteiger partial charge in [0.25, 0.3) is 5.91 Å². The number of nitrogens with zero attached hydrogens (tertiary/aromatic N) is 4. The van der Waals surface area contributed by atoms with Crippen LogP contribution in [0.5, 0.6) is 5.75 Å². The first-order valence-corrected chi connectivity index (χ1v) is 13.6. The van der Waals surface area contributed by atoms with Crippen molar-refractivity contribution in [3.63, 3.8) is 0 Å². The van der Waals surface area contributed by atoms with Crippen molar-refractivity contribution in [1.29, 1.82) is 0 Å². The number of amides is 2. The fraction of sp³-hybridized carbons (Fsp3) is 0.593. The molecule has 2 rings (SSSR count). The van der Waals surface area contributed by atoms with Crippen LogP contribution in [0.15, 0.2) is 29.4 Å². The third kappa shape index (κ3) is 10.2. The van der Waals surface area contributed by atoms with Crippen LogP contribution in [0.1, 0.15) is 36.2 Å². The Kier molecular flexibility index (Phi) is 14.9. The molecule has 0 saturated carbocycles. The number of nitrogens with one attached hydrogen (secondary N) is 1. The monoisotopic (exact) mass is 591 g/mol. The van der Waals surface area contributed by atoms with Gasteiger partial charge in [0.15, 0.2) is 5.71 Å². The van der Waals surface area contributed by atoms with Crippen molar-refractivity contribution in [2.24, 2.45) is 5.10 Å². The van der Waals surface area contributed by atoms with E-state index < -0.39 is 11.9 Å². The van der Waals surface area contributed by atoms with Gasteiger partial charge in [0.1, 0.15) is 12.3 Å². The van der Waals surface area contributed by atoms with E-state index in [0.29, 0.717) is 62.8 Å². The normalized spacial score (nSPS) is 14.1. The molecule has 1 fully saturated rings. The summed E-state index contributed by atoms with van der Waals surface area (Å²) in [5, 5.41) is 7.63. The van der Waals surface area contributed by atoms with Gasteiger partial charge >= 0.3 is 6.18 Å². The van der Waals surface area contributed by atoms with Gasteiger partial charge in [-0.05, 0) is 44.4 Å². The number of alkyl halides is 4. The van der Waals surface area contributed by atoms with E-state index >= 15 is 0 Å². The van der Waals surface area contributed by atoms with Crippen LogP contribution in [0.2, 0.25) is 0 Å². The van der Waals surface area contributed by atoms with E-state index in [1.54, 1.807) is 32.1 Å². The number of ether oxygens (including phenoxy) is 2. The Morgan fingerprint density at radius 3 is 2.40 bits per heavy atom. The van der Waals surface area contributed by atoms with Crippen LogP contribution >= 0.6 is 11.6 Å². The van der Waals surface area contributed by atoms with Gasteiger partial charge < -0.3 is 24.6 Å². The molecule has 1 aromatic rings. The average Bonchev–Trinajstić information content (AvgIpc) is 3.17. The Labute approximate surface area is 239 Å². The number of likely N-dealkylation sites (N-methyl/N-ethyl adjacent to an activating group) is 1. The lowest BCUT2D eigenvalue weighted by atomic mass is 10.1. The van der Waals surface area contributed by atoms with Gasteiger partial charge in [0, 0.05) is 58.8 Å². The summed E-state index contributed by atoms with van der Waals surface area (Å²) in [6, 6.07) is 3.60. The van der Waals surface area contributed by atoms with Crippen LogP contribution < -0.4 is 15.0 Å². The topological polar surface area (TPSA) is 86.7 Å². The molecule has 1 aliphatic rings. The maximum Gasteiger partial charge on any atom is 0.435 e. The molecular weight excluding hydrogens is 551 g/mol. The summed E-state index contributed by atoms with van der Waals surface area (Å²) in [6.07, 6.45) is -2.57. The van der Waals surface area contributed by atoms with Crippen LogP contribution in [-0.4, -0.2) is 107 Å². The molecule has 1 aliphatic heterocycles. The molecule has 0 unspecified atom stereocenters. The lowest BCUT2D eigenvalue weighted by Gasteiger charge is -2.27. The zero-order chi connectivity index (χ0) is 30.5. The highest BCUT2D eigenvalue weighted by atomic mass is 35.5. The Bertz CT molecular complexity index is 1040. The number of anilines is 1. The molecular formula is C27H41ClF3N5O4. The van der Waals surface area contributed by atoms with Gasteiger partial charge in [-0.25, -0.2) is 0 Å². The molecule has 2 amide bonds. The van der Waals surface area contributed by atoms with Gasteiger partial charge in [-0.15, -0.1) is 11.6 Å². The number of hydrogen-bond donors (Lipinski definition) is 1. The Morgan fingerprint density at radius 1 is 1.18 bits per heavy atom. The Balaban J connectivity index is 0.00000391. The summed E-state index contributed by atoms with van der Waals surface area (Å²) in [4.78, 5) is 29.6.